The van der Waals surface area contributed by atoms with Gasteiger partial charge in [0.25, 0.3) is 0 Å². The maximum atomic E-state index is 13.0. The first-order chi connectivity index (χ1) is 17.7. The molecule has 3 aromatic carbocycles. The molecule has 182 valence electrons. The molecule has 0 aliphatic heterocycles. The van der Waals surface area contributed by atoms with E-state index in [1.165, 1.54) is 11.8 Å². The van der Waals surface area contributed by atoms with Crippen molar-refractivity contribution in [3.05, 3.63) is 96.4 Å². The second-order valence-electron chi connectivity index (χ2n) is 8.15. The Morgan fingerprint density at radius 1 is 0.972 bits per heavy atom. The first-order valence-corrected chi connectivity index (χ1v) is 12.6. The summed E-state index contributed by atoms with van der Waals surface area (Å²) in [6, 6.07) is 25.9. The smallest absolute Gasteiger partial charge is 0.191 e. The lowest BCUT2D eigenvalue weighted by molar-refractivity contribution is 0.102. The second-order valence-corrected chi connectivity index (χ2v) is 9.10. The molecular formula is C28H26N4O3S. The van der Waals surface area contributed by atoms with Gasteiger partial charge in [-0.2, -0.15) is 0 Å². The molecule has 1 N–H and O–H groups in total. The number of aromatic amines is 1. The molecule has 0 bridgehead atoms. The monoisotopic (exact) mass is 498 g/mol. The quantitative estimate of drug-likeness (QED) is 0.188. The van der Waals surface area contributed by atoms with Crippen LogP contribution in [-0.2, 0) is 17.9 Å². The van der Waals surface area contributed by atoms with Gasteiger partial charge in [0.15, 0.2) is 16.8 Å². The Kier molecular flexibility index (Phi) is 7.44. The van der Waals surface area contributed by atoms with Crippen molar-refractivity contribution in [3.8, 4) is 16.9 Å². The van der Waals surface area contributed by atoms with Crippen molar-refractivity contribution in [2.24, 2.45) is 0 Å². The number of hydrogen-bond acceptors (Lipinski definition) is 6. The average molecular weight is 499 g/mol. The number of nitrogens with zero attached hydrogens (tertiary/aromatic N) is 3. The molecule has 5 rings (SSSR count). The molecule has 0 atom stereocenters. The van der Waals surface area contributed by atoms with E-state index >= 15 is 0 Å². The van der Waals surface area contributed by atoms with Crippen LogP contribution in [0.15, 0.2) is 90.2 Å². The zero-order valence-electron chi connectivity index (χ0n) is 19.9. The molecular weight excluding hydrogens is 472 g/mol. The van der Waals surface area contributed by atoms with Crippen LogP contribution in [0.4, 0.5) is 0 Å². The fourth-order valence-corrected chi connectivity index (χ4v) is 4.91. The molecule has 0 saturated heterocycles. The Morgan fingerprint density at radius 3 is 2.61 bits per heavy atom. The van der Waals surface area contributed by atoms with Gasteiger partial charge in [-0.15, -0.1) is 10.2 Å². The van der Waals surface area contributed by atoms with Crippen LogP contribution < -0.4 is 4.74 Å². The van der Waals surface area contributed by atoms with Gasteiger partial charge in [-0.1, -0.05) is 78.5 Å². The summed E-state index contributed by atoms with van der Waals surface area (Å²) in [7, 11) is 1.66. The fraction of sp³-hybridized carbons (Fsp3) is 0.179. The Morgan fingerprint density at radius 2 is 1.75 bits per heavy atom. The minimum atomic E-state index is 0.0355. The van der Waals surface area contributed by atoms with Crippen molar-refractivity contribution in [1.82, 2.24) is 19.7 Å². The largest absolute Gasteiger partial charge is 0.485 e. The molecule has 0 amide bonds. The van der Waals surface area contributed by atoms with E-state index < -0.39 is 0 Å². The summed E-state index contributed by atoms with van der Waals surface area (Å²) in [5.74, 6) is 1.74. The highest BCUT2D eigenvalue weighted by molar-refractivity contribution is 7.99. The zero-order valence-corrected chi connectivity index (χ0v) is 20.7. The number of nitrogens with one attached hydrogen (secondary N) is 1. The minimum absolute atomic E-state index is 0.0355. The Bertz CT molecular complexity index is 1460. The molecule has 0 aliphatic carbocycles. The topological polar surface area (TPSA) is 82.0 Å². The Hall–Kier alpha value is -3.88. The molecule has 0 spiro atoms. The Balaban J connectivity index is 1.31. The SMILES string of the molecule is COCCn1c(COc2ccccc2-c2ccccc2)nnc1SCC(=O)c1c[nH]c2ccccc12. The van der Waals surface area contributed by atoms with Crippen molar-refractivity contribution in [3.63, 3.8) is 0 Å². The number of hydrogen-bond donors (Lipinski definition) is 1. The summed E-state index contributed by atoms with van der Waals surface area (Å²) in [5.41, 5.74) is 3.73. The predicted octanol–water partition coefficient (Wildman–Crippen LogP) is 5.63. The number of carbonyl (C=O) groups excluding carboxylic acids is 1. The third-order valence-corrected chi connectivity index (χ3v) is 6.83. The maximum absolute atomic E-state index is 13.0. The van der Waals surface area contributed by atoms with Crippen LogP contribution in [0.2, 0.25) is 0 Å². The summed E-state index contributed by atoms with van der Waals surface area (Å²) in [6.07, 6.45) is 1.77. The number of Topliss-reactive ketones (excluding diaryl/α,β-unsaturated/α-hetero) is 1. The zero-order chi connectivity index (χ0) is 24.7. The minimum Gasteiger partial charge on any atom is -0.485 e. The molecule has 2 heterocycles. The van der Waals surface area contributed by atoms with E-state index in [2.05, 4.69) is 27.3 Å². The van der Waals surface area contributed by atoms with E-state index in [-0.39, 0.29) is 18.1 Å². The van der Waals surface area contributed by atoms with Crippen LogP contribution in [0.3, 0.4) is 0 Å². The lowest BCUT2D eigenvalue weighted by Crippen LogP contribution is -2.12. The molecule has 0 aliphatic rings. The third kappa shape index (κ3) is 5.19. The first kappa shape index (κ1) is 23.8. The molecule has 0 unspecified atom stereocenters. The van der Waals surface area contributed by atoms with Crippen LogP contribution in [-0.4, -0.2) is 45.0 Å². The number of ether oxygens (including phenoxy) is 2. The molecule has 36 heavy (non-hydrogen) atoms. The van der Waals surface area contributed by atoms with Gasteiger partial charge in [0.2, 0.25) is 0 Å². The number of H-pyrrole nitrogens is 1. The summed E-state index contributed by atoms with van der Waals surface area (Å²) < 4.78 is 13.5. The number of carbonyl (C=O) groups is 1. The molecule has 8 heteroatoms. The van der Waals surface area contributed by atoms with E-state index in [0.29, 0.717) is 29.7 Å². The van der Waals surface area contributed by atoms with Gasteiger partial charge in [0.1, 0.15) is 12.4 Å². The summed E-state index contributed by atoms with van der Waals surface area (Å²) in [4.78, 5) is 16.1. The highest BCUT2D eigenvalue weighted by Gasteiger charge is 2.18. The normalized spacial score (nSPS) is 11.1. The van der Waals surface area contributed by atoms with Crippen molar-refractivity contribution in [2.75, 3.05) is 19.5 Å². The van der Waals surface area contributed by atoms with E-state index in [0.717, 1.165) is 27.8 Å². The van der Waals surface area contributed by atoms with E-state index in [1.54, 1.807) is 13.3 Å². The third-order valence-electron chi connectivity index (χ3n) is 5.86. The van der Waals surface area contributed by atoms with Crippen molar-refractivity contribution in [2.45, 2.75) is 18.3 Å². The van der Waals surface area contributed by atoms with Gasteiger partial charge in [-0.3, -0.25) is 4.79 Å². The van der Waals surface area contributed by atoms with E-state index in [1.807, 2.05) is 71.3 Å². The number of methoxy groups -OCH3 is 1. The molecule has 0 saturated carbocycles. The van der Waals surface area contributed by atoms with Crippen LogP contribution >= 0.6 is 11.8 Å². The summed E-state index contributed by atoms with van der Waals surface area (Å²) in [6.45, 7) is 1.30. The Labute approximate surface area is 213 Å². The summed E-state index contributed by atoms with van der Waals surface area (Å²) in [5, 5.41) is 10.3. The van der Waals surface area contributed by atoms with Crippen LogP contribution in [0, 0.1) is 0 Å². The molecule has 5 aromatic rings. The number of thioether (sulfide) groups is 1. The highest BCUT2D eigenvalue weighted by atomic mass is 32.2. The van der Waals surface area contributed by atoms with Gasteiger partial charge < -0.3 is 19.0 Å². The van der Waals surface area contributed by atoms with Gasteiger partial charge in [0.05, 0.1) is 12.4 Å². The van der Waals surface area contributed by atoms with Crippen LogP contribution in [0.5, 0.6) is 5.75 Å². The molecule has 0 radical (unpaired) electrons. The predicted molar refractivity (Wildman–Crippen MR) is 141 cm³/mol. The molecule has 7 nitrogen and oxygen atoms in total. The van der Waals surface area contributed by atoms with Crippen molar-refractivity contribution >= 4 is 28.4 Å². The number of fused-ring (bicyclic) bond motifs is 1. The molecule has 0 fully saturated rings. The van der Waals surface area contributed by atoms with Crippen LogP contribution in [0.1, 0.15) is 16.2 Å². The number of ketones is 1. The lowest BCUT2D eigenvalue weighted by atomic mass is 10.1. The van der Waals surface area contributed by atoms with Gasteiger partial charge in [0, 0.05) is 41.9 Å². The van der Waals surface area contributed by atoms with Gasteiger partial charge in [-0.25, -0.2) is 0 Å². The van der Waals surface area contributed by atoms with Crippen LogP contribution in [0.25, 0.3) is 22.0 Å². The van der Waals surface area contributed by atoms with Gasteiger partial charge >= 0.3 is 0 Å². The average Bonchev–Trinajstić information content (AvgIpc) is 3.54. The summed E-state index contributed by atoms with van der Waals surface area (Å²) >= 11 is 1.37. The number of aromatic nitrogens is 4. The van der Waals surface area contributed by atoms with Gasteiger partial charge in [-0.05, 0) is 17.7 Å². The first-order valence-electron chi connectivity index (χ1n) is 11.6. The van der Waals surface area contributed by atoms with E-state index in [4.69, 9.17) is 9.47 Å². The molecule has 2 aromatic heterocycles. The van der Waals surface area contributed by atoms with Crippen molar-refractivity contribution < 1.29 is 14.3 Å². The standard InChI is InChI=1S/C28H26N4O3S/c1-34-16-15-32-27(18-35-26-14-8-6-11-21(26)20-9-3-2-4-10-20)30-31-28(32)36-19-25(33)23-17-29-24-13-7-5-12-22(23)24/h2-14,17,29H,15-16,18-19H2,1H3. The number of benzene rings is 3. The van der Waals surface area contributed by atoms with Crippen molar-refractivity contribution in [1.29, 1.82) is 0 Å². The number of para-hydroxylation sites is 2. The second kappa shape index (κ2) is 11.2. The number of rotatable bonds is 11. The highest BCUT2D eigenvalue weighted by Crippen LogP contribution is 2.30. The van der Waals surface area contributed by atoms with E-state index in [9.17, 15) is 4.79 Å². The maximum Gasteiger partial charge on any atom is 0.191 e. The lowest BCUT2D eigenvalue weighted by Gasteiger charge is -2.13. The fourth-order valence-electron chi connectivity index (χ4n) is 4.04.